The standard InChI is InChI=1S/C11H12FNO2S/c1-13(2)11(16)15-10-7-8(5-6-14)3-4-9(10)12/h3-4,6-7H,5H2,1-2H3. The maximum atomic E-state index is 13.3. The molecule has 0 spiro atoms. The average molecular weight is 241 g/mol. The fraction of sp³-hybridized carbons (Fsp3) is 0.273. The zero-order valence-electron chi connectivity index (χ0n) is 9.07. The summed E-state index contributed by atoms with van der Waals surface area (Å²) in [5.74, 6) is -0.461. The largest absolute Gasteiger partial charge is 0.429 e. The summed E-state index contributed by atoms with van der Waals surface area (Å²) in [6.45, 7) is 0. The molecule has 0 radical (unpaired) electrons. The molecule has 0 saturated carbocycles. The molecular formula is C11H12FNO2S. The second kappa shape index (κ2) is 5.55. The fourth-order valence-corrected chi connectivity index (χ4v) is 1.12. The van der Waals surface area contributed by atoms with Crippen LogP contribution in [0.5, 0.6) is 5.75 Å². The van der Waals surface area contributed by atoms with Crippen LogP contribution >= 0.6 is 12.2 Å². The number of benzene rings is 1. The molecule has 1 rings (SSSR count). The number of rotatable bonds is 3. The van der Waals surface area contributed by atoms with Gasteiger partial charge in [0.25, 0.3) is 5.17 Å². The van der Waals surface area contributed by atoms with Gasteiger partial charge in [-0.3, -0.25) is 0 Å². The van der Waals surface area contributed by atoms with Crippen LogP contribution in [-0.2, 0) is 11.2 Å². The smallest absolute Gasteiger partial charge is 0.264 e. The summed E-state index contributed by atoms with van der Waals surface area (Å²) in [4.78, 5) is 11.9. The van der Waals surface area contributed by atoms with E-state index in [4.69, 9.17) is 17.0 Å². The number of hydrogen-bond donors (Lipinski definition) is 0. The molecule has 1 aromatic rings. The molecule has 0 aliphatic carbocycles. The minimum Gasteiger partial charge on any atom is -0.429 e. The molecule has 0 amide bonds. The lowest BCUT2D eigenvalue weighted by atomic mass is 10.1. The van der Waals surface area contributed by atoms with Crippen LogP contribution in [-0.4, -0.2) is 30.5 Å². The van der Waals surface area contributed by atoms with E-state index in [1.165, 1.54) is 18.2 Å². The summed E-state index contributed by atoms with van der Waals surface area (Å²) in [5.41, 5.74) is 0.688. The van der Waals surface area contributed by atoms with Crippen molar-refractivity contribution in [2.24, 2.45) is 0 Å². The van der Waals surface area contributed by atoms with E-state index in [2.05, 4.69) is 0 Å². The van der Waals surface area contributed by atoms with Crippen LogP contribution in [0.1, 0.15) is 5.56 Å². The van der Waals surface area contributed by atoms with Gasteiger partial charge in [-0.25, -0.2) is 4.39 Å². The van der Waals surface area contributed by atoms with E-state index in [1.807, 2.05) is 0 Å². The topological polar surface area (TPSA) is 29.5 Å². The van der Waals surface area contributed by atoms with Crippen LogP contribution in [0, 0.1) is 5.82 Å². The lowest BCUT2D eigenvalue weighted by molar-refractivity contribution is -0.107. The average Bonchev–Trinajstić information content (AvgIpc) is 2.23. The van der Waals surface area contributed by atoms with Crippen LogP contribution in [0.3, 0.4) is 0 Å². The van der Waals surface area contributed by atoms with Gasteiger partial charge in [-0.05, 0) is 29.9 Å². The summed E-state index contributed by atoms with van der Waals surface area (Å²) >= 11 is 4.89. The Labute approximate surface area is 98.8 Å². The van der Waals surface area contributed by atoms with Crippen LogP contribution in [0.15, 0.2) is 18.2 Å². The highest BCUT2D eigenvalue weighted by Crippen LogP contribution is 2.19. The number of aldehydes is 1. The summed E-state index contributed by atoms with van der Waals surface area (Å²) in [5, 5.41) is 0.169. The monoisotopic (exact) mass is 241 g/mol. The van der Waals surface area contributed by atoms with Crippen molar-refractivity contribution in [1.29, 1.82) is 0 Å². The van der Waals surface area contributed by atoms with Crippen LogP contribution in [0.2, 0.25) is 0 Å². The van der Waals surface area contributed by atoms with E-state index < -0.39 is 5.82 Å². The Kier molecular flexibility index (Phi) is 4.37. The third kappa shape index (κ3) is 3.27. The van der Waals surface area contributed by atoms with Crippen molar-refractivity contribution < 1.29 is 13.9 Å². The maximum absolute atomic E-state index is 13.3. The van der Waals surface area contributed by atoms with Crippen molar-refractivity contribution in [2.45, 2.75) is 6.42 Å². The number of carbonyl (C=O) groups excluding carboxylic acids is 1. The molecule has 0 heterocycles. The number of thiocarbonyl (C=S) groups is 1. The van der Waals surface area contributed by atoms with Gasteiger partial charge in [-0.1, -0.05) is 6.07 Å². The molecule has 0 aliphatic heterocycles. The summed E-state index contributed by atoms with van der Waals surface area (Å²) in [7, 11) is 3.41. The molecule has 0 bridgehead atoms. The number of halogens is 1. The first kappa shape index (κ1) is 12.6. The van der Waals surface area contributed by atoms with E-state index in [0.29, 0.717) is 5.56 Å². The first-order valence-electron chi connectivity index (χ1n) is 4.65. The van der Waals surface area contributed by atoms with Crippen molar-refractivity contribution >= 4 is 23.7 Å². The van der Waals surface area contributed by atoms with Gasteiger partial charge < -0.3 is 14.4 Å². The van der Waals surface area contributed by atoms with Crippen molar-refractivity contribution in [3.8, 4) is 5.75 Å². The predicted molar refractivity (Wildman–Crippen MR) is 63.1 cm³/mol. The van der Waals surface area contributed by atoms with Gasteiger partial charge in [-0.2, -0.15) is 0 Å². The first-order valence-corrected chi connectivity index (χ1v) is 5.06. The molecule has 0 N–H and O–H groups in total. The lowest BCUT2D eigenvalue weighted by Crippen LogP contribution is -2.25. The van der Waals surface area contributed by atoms with E-state index >= 15 is 0 Å². The molecule has 5 heteroatoms. The zero-order valence-corrected chi connectivity index (χ0v) is 9.88. The van der Waals surface area contributed by atoms with Crippen molar-refractivity contribution in [3.63, 3.8) is 0 Å². The van der Waals surface area contributed by atoms with Crippen molar-refractivity contribution in [3.05, 3.63) is 29.6 Å². The first-order chi connectivity index (χ1) is 7.54. The second-order valence-corrected chi connectivity index (χ2v) is 3.75. The molecule has 0 saturated heterocycles. The van der Waals surface area contributed by atoms with Crippen LogP contribution < -0.4 is 4.74 Å². The molecule has 0 unspecified atom stereocenters. The molecule has 1 aromatic carbocycles. The molecule has 0 atom stereocenters. The third-order valence-corrected chi connectivity index (χ3v) is 2.33. The van der Waals surface area contributed by atoms with Gasteiger partial charge >= 0.3 is 0 Å². The van der Waals surface area contributed by atoms with E-state index in [0.717, 1.165) is 6.29 Å². The fourth-order valence-electron chi connectivity index (χ4n) is 1.03. The van der Waals surface area contributed by atoms with E-state index in [1.54, 1.807) is 19.0 Å². The van der Waals surface area contributed by atoms with Gasteiger partial charge in [0.05, 0.1) is 0 Å². The molecule has 0 aromatic heterocycles. The van der Waals surface area contributed by atoms with Gasteiger partial charge in [0, 0.05) is 20.5 Å². The van der Waals surface area contributed by atoms with Gasteiger partial charge in [0.2, 0.25) is 0 Å². The highest BCUT2D eigenvalue weighted by Gasteiger charge is 2.08. The molecule has 86 valence electrons. The SMILES string of the molecule is CN(C)C(=S)Oc1cc(CC=O)ccc1F. The Balaban J connectivity index is 2.89. The Hall–Kier alpha value is -1.49. The van der Waals surface area contributed by atoms with Gasteiger partial charge in [-0.15, -0.1) is 0 Å². The highest BCUT2D eigenvalue weighted by atomic mass is 32.1. The molecule has 0 aliphatic rings. The maximum Gasteiger partial charge on any atom is 0.264 e. The van der Waals surface area contributed by atoms with Crippen LogP contribution in [0.25, 0.3) is 0 Å². The Morgan fingerprint density at radius 1 is 1.56 bits per heavy atom. The highest BCUT2D eigenvalue weighted by molar-refractivity contribution is 7.80. The summed E-state index contributed by atoms with van der Waals surface area (Å²) in [6, 6.07) is 4.27. The van der Waals surface area contributed by atoms with Crippen molar-refractivity contribution in [2.75, 3.05) is 14.1 Å². The molecule has 0 fully saturated rings. The third-order valence-electron chi connectivity index (χ3n) is 1.88. The number of hydrogen-bond acceptors (Lipinski definition) is 3. The van der Waals surface area contributed by atoms with Crippen molar-refractivity contribution in [1.82, 2.24) is 4.90 Å². The summed E-state index contributed by atoms with van der Waals surface area (Å²) in [6.07, 6.45) is 0.979. The van der Waals surface area contributed by atoms with Gasteiger partial charge in [0.1, 0.15) is 6.29 Å². The Morgan fingerprint density at radius 2 is 2.25 bits per heavy atom. The van der Waals surface area contributed by atoms with E-state index in [-0.39, 0.29) is 17.3 Å². The zero-order chi connectivity index (χ0) is 12.1. The number of nitrogens with zero attached hydrogens (tertiary/aromatic N) is 1. The molecular weight excluding hydrogens is 229 g/mol. The molecule has 3 nitrogen and oxygen atoms in total. The number of ether oxygens (including phenoxy) is 1. The normalized spacial score (nSPS) is 9.69. The number of carbonyl (C=O) groups is 1. The minimum atomic E-state index is -0.501. The Morgan fingerprint density at radius 3 is 2.81 bits per heavy atom. The van der Waals surface area contributed by atoms with Crippen LogP contribution in [0.4, 0.5) is 4.39 Å². The predicted octanol–water partition coefficient (Wildman–Crippen LogP) is 1.79. The quantitative estimate of drug-likeness (QED) is 0.596. The Bertz CT molecular complexity index is 407. The van der Waals surface area contributed by atoms with Gasteiger partial charge in [0.15, 0.2) is 11.6 Å². The summed E-state index contributed by atoms with van der Waals surface area (Å²) < 4.78 is 18.5. The van der Waals surface area contributed by atoms with E-state index in [9.17, 15) is 9.18 Å². The lowest BCUT2D eigenvalue weighted by Gasteiger charge is -2.14. The second-order valence-electron chi connectivity index (χ2n) is 3.40. The minimum absolute atomic E-state index is 0.0399. The molecule has 16 heavy (non-hydrogen) atoms.